The van der Waals surface area contributed by atoms with Crippen LogP contribution in [0.15, 0.2) is 18.7 Å². The molecule has 0 aliphatic heterocycles. The summed E-state index contributed by atoms with van der Waals surface area (Å²) < 4.78 is 7.28. The average Bonchev–Trinajstić information content (AvgIpc) is 3.22. The predicted octanol–water partition coefficient (Wildman–Crippen LogP) is 1.64. The van der Waals surface area contributed by atoms with Gasteiger partial charge in [0.15, 0.2) is 5.82 Å². The molecule has 0 amide bonds. The number of rotatable bonds is 7. The van der Waals surface area contributed by atoms with Crippen molar-refractivity contribution < 1.29 is 4.74 Å². The lowest BCUT2D eigenvalue weighted by molar-refractivity contribution is 0.397. The molecule has 7 heteroatoms. The van der Waals surface area contributed by atoms with Gasteiger partial charge in [0.2, 0.25) is 5.88 Å². The zero-order valence-corrected chi connectivity index (χ0v) is 12.1. The summed E-state index contributed by atoms with van der Waals surface area (Å²) in [6, 6.07) is 0. The van der Waals surface area contributed by atoms with Crippen LogP contribution < -0.4 is 15.8 Å². The molecule has 7 nitrogen and oxygen atoms in total. The van der Waals surface area contributed by atoms with Gasteiger partial charge in [-0.2, -0.15) is 4.98 Å². The number of imidazole rings is 1. The number of hydrogen-bond donors (Lipinski definition) is 2. The number of nitrogens with one attached hydrogen (secondary N) is 1. The molecule has 0 unspecified atom stereocenters. The van der Waals surface area contributed by atoms with Gasteiger partial charge in [-0.3, -0.25) is 0 Å². The first-order chi connectivity index (χ1) is 10.3. The minimum absolute atomic E-state index is 0.462. The van der Waals surface area contributed by atoms with Crippen LogP contribution in [0.1, 0.15) is 31.0 Å². The fraction of sp³-hybridized carbons (Fsp3) is 0.500. The highest BCUT2D eigenvalue weighted by Gasteiger charge is 2.28. The molecular formula is C14H20N6O. The van der Waals surface area contributed by atoms with Crippen molar-refractivity contribution in [3.05, 3.63) is 24.5 Å². The lowest BCUT2D eigenvalue weighted by atomic mass is 10.3. The van der Waals surface area contributed by atoms with E-state index in [-0.39, 0.29) is 0 Å². The number of anilines is 2. The van der Waals surface area contributed by atoms with Gasteiger partial charge in [0, 0.05) is 31.4 Å². The van der Waals surface area contributed by atoms with Gasteiger partial charge in [-0.05, 0) is 19.3 Å². The van der Waals surface area contributed by atoms with E-state index < -0.39 is 0 Å². The number of aromatic nitrogens is 4. The fourth-order valence-corrected chi connectivity index (χ4v) is 2.17. The molecule has 2 heterocycles. The van der Waals surface area contributed by atoms with Crippen molar-refractivity contribution in [1.82, 2.24) is 19.5 Å². The quantitative estimate of drug-likeness (QED) is 0.753. The van der Waals surface area contributed by atoms with E-state index in [4.69, 9.17) is 10.5 Å². The number of nitrogen functional groups attached to an aromatic ring is 1. The second-order valence-corrected chi connectivity index (χ2v) is 5.21. The molecule has 0 aromatic carbocycles. The monoisotopic (exact) mass is 288 g/mol. The van der Waals surface area contributed by atoms with Crippen LogP contribution in [-0.2, 0) is 6.54 Å². The van der Waals surface area contributed by atoms with E-state index in [9.17, 15) is 0 Å². The van der Waals surface area contributed by atoms with Gasteiger partial charge < -0.3 is 20.4 Å². The van der Waals surface area contributed by atoms with Gasteiger partial charge in [-0.1, -0.05) is 0 Å². The first-order valence-electron chi connectivity index (χ1n) is 7.19. The van der Waals surface area contributed by atoms with E-state index in [1.54, 1.807) is 13.3 Å². The summed E-state index contributed by atoms with van der Waals surface area (Å²) in [6.45, 7) is 1.69. The van der Waals surface area contributed by atoms with E-state index in [2.05, 4.69) is 20.3 Å². The SMILES string of the molecule is COc1nc(C2CC2)nc(NCCCn2ccnc2)c1N. The van der Waals surface area contributed by atoms with Crippen molar-refractivity contribution in [3.63, 3.8) is 0 Å². The molecule has 0 spiro atoms. The van der Waals surface area contributed by atoms with Crippen LogP contribution in [0.5, 0.6) is 5.88 Å². The zero-order chi connectivity index (χ0) is 14.7. The molecule has 3 N–H and O–H groups in total. The first-order valence-corrected chi connectivity index (χ1v) is 7.19. The van der Waals surface area contributed by atoms with Crippen LogP contribution in [0, 0.1) is 0 Å². The fourth-order valence-electron chi connectivity index (χ4n) is 2.17. The Hall–Kier alpha value is -2.31. The average molecular weight is 288 g/mol. The van der Waals surface area contributed by atoms with Crippen LogP contribution in [0.4, 0.5) is 11.5 Å². The van der Waals surface area contributed by atoms with Gasteiger partial charge >= 0.3 is 0 Å². The van der Waals surface area contributed by atoms with Crippen molar-refractivity contribution in [1.29, 1.82) is 0 Å². The molecule has 2 aromatic heterocycles. The Morgan fingerprint density at radius 2 is 2.29 bits per heavy atom. The van der Waals surface area contributed by atoms with Crippen LogP contribution in [0.2, 0.25) is 0 Å². The number of hydrogen-bond acceptors (Lipinski definition) is 6. The van der Waals surface area contributed by atoms with Crippen LogP contribution in [0.3, 0.4) is 0 Å². The molecule has 2 aromatic rings. The predicted molar refractivity (Wildman–Crippen MR) is 80.3 cm³/mol. The maximum Gasteiger partial charge on any atom is 0.242 e. The van der Waals surface area contributed by atoms with E-state index in [0.29, 0.717) is 23.3 Å². The largest absolute Gasteiger partial charge is 0.479 e. The van der Waals surface area contributed by atoms with E-state index in [1.165, 1.54) is 0 Å². The van der Waals surface area contributed by atoms with Crippen LogP contribution in [-0.4, -0.2) is 33.2 Å². The molecule has 3 rings (SSSR count). The van der Waals surface area contributed by atoms with Crippen molar-refractivity contribution >= 4 is 11.5 Å². The Balaban J connectivity index is 1.62. The highest BCUT2D eigenvalue weighted by Crippen LogP contribution is 2.40. The van der Waals surface area contributed by atoms with Crippen molar-refractivity contribution in [2.75, 3.05) is 24.7 Å². The van der Waals surface area contributed by atoms with Gasteiger partial charge in [0.05, 0.1) is 13.4 Å². The van der Waals surface area contributed by atoms with Gasteiger partial charge in [0.25, 0.3) is 0 Å². The maximum absolute atomic E-state index is 6.03. The third kappa shape index (κ3) is 3.24. The molecule has 112 valence electrons. The molecule has 0 bridgehead atoms. The first kappa shape index (κ1) is 13.7. The molecule has 1 fully saturated rings. The summed E-state index contributed by atoms with van der Waals surface area (Å²) in [4.78, 5) is 12.9. The highest BCUT2D eigenvalue weighted by atomic mass is 16.5. The molecule has 1 saturated carbocycles. The number of aryl methyl sites for hydroxylation is 1. The summed E-state index contributed by atoms with van der Waals surface area (Å²) in [7, 11) is 1.58. The summed E-state index contributed by atoms with van der Waals surface area (Å²) in [5, 5.41) is 3.28. The standard InChI is InChI=1S/C14H20N6O/c1-21-14-11(15)13(18-12(19-14)10-3-4-10)17-5-2-7-20-8-6-16-9-20/h6,8-10H,2-5,7,15H2,1H3,(H,17,18,19). The molecule has 0 radical (unpaired) electrons. The zero-order valence-electron chi connectivity index (χ0n) is 12.1. The summed E-state index contributed by atoms with van der Waals surface area (Å²) in [5.74, 6) is 2.43. The van der Waals surface area contributed by atoms with Gasteiger partial charge in [0.1, 0.15) is 11.5 Å². The Morgan fingerprint density at radius 3 is 2.95 bits per heavy atom. The molecule has 1 aliphatic rings. The normalized spacial score (nSPS) is 14.1. The molecule has 21 heavy (non-hydrogen) atoms. The summed E-state index contributed by atoms with van der Waals surface area (Å²) >= 11 is 0. The third-order valence-electron chi connectivity index (χ3n) is 3.51. The minimum atomic E-state index is 0.462. The summed E-state index contributed by atoms with van der Waals surface area (Å²) in [5.41, 5.74) is 6.51. The van der Waals surface area contributed by atoms with E-state index in [1.807, 2.05) is 17.1 Å². The van der Waals surface area contributed by atoms with Crippen molar-refractivity contribution in [3.8, 4) is 5.88 Å². The number of ether oxygens (including phenoxy) is 1. The Morgan fingerprint density at radius 1 is 1.43 bits per heavy atom. The van der Waals surface area contributed by atoms with Gasteiger partial charge in [-0.15, -0.1) is 0 Å². The topological polar surface area (TPSA) is 90.9 Å². The second-order valence-electron chi connectivity index (χ2n) is 5.21. The lowest BCUT2D eigenvalue weighted by Crippen LogP contribution is -2.12. The van der Waals surface area contributed by atoms with Crippen LogP contribution in [0.25, 0.3) is 0 Å². The smallest absolute Gasteiger partial charge is 0.242 e. The van der Waals surface area contributed by atoms with Crippen LogP contribution >= 0.6 is 0 Å². The Bertz CT molecular complexity index is 594. The Labute approximate surface area is 123 Å². The number of nitrogens with zero attached hydrogens (tertiary/aromatic N) is 4. The second kappa shape index (κ2) is 5.99. The maximum atomic E-state index is 6.03. The third-order valence-corrected chi connectivity index (χ3v) is 3.51. The highest BCUT2D eigenvalue weighted by molar-refractivity contribution is 5.67. The summed E-state index contributed by atoms with van der Waals surface area (Å²) in [6.07, 6.45) is 8.80. The van der Waals surface area contributed by atoms with E-state index >= 15 is 0 Å². The minimum Gasteiger partial charge on any atom is -0.479 e. The Kier molecular flexibility index (Phi) is 3.89. The lowest BCUT2D eigenvalue weighted by Gasteiger charge is -2.12. The molecular weight excluding hydrogens is 268 g/mol. The van der Waals surface area contributed by atoms with E-state index in [0.717, 1.165) is 38.2 Å². The molecule has 0 saturated heterocycles. The number of nitrogens with two attached hydrogens (primary N) is 1. The molecule has 0 atom stereocenters. The van der Waals surface area contributed by atoms with Crippen molar-refractivity contribution in [2.45, 2.75) is 31.7 Å². The van der Waals surface area contributed by atoms with Crippen molar-refractivity contribution in [2.24, 2.45) is 0 Å². The molecule has 1 aliphatic carbocycles. The number of methoxy groups -OCH3 is 1. The van der Waals surface area contributed by atoms with Gasteiger partial charge in [-0.25, -0.2) is 9.97 Å².